The van der Waals surface area contributed by atoms with Crippen molar-refractivity contribution in [1.82, 2.24) is 19.9 Å². The van der Waals surface area contributed by atoms with Crippen molar-refractivity contribution in [1.29, 1.82) is 0 Å². The van der Waals surface area contributed by atoms with Crippen molar-refractivity contribution in [2.45, 2.75) is 56.2 Å². The van der Waals surface area contributed by atoms with E-state index < -0.39 is 10.7 Å². The first-order valence-electron chi connectivity index (χ1n) is 11.7. The molecule has 196 valence electrons. The van der Waals surface area contributed by atoms with E-state index in [1.165, 1.54) is 28.0 Å². The molecule has 0 spiro atoms. The minimum Gasteiger partial charge on any atom is -0.480 e. The molecule has 0 unspecified atom stereocenters. The summed E-state index contributed by atoms with van der Waals surface area (Å²) in [6.45, 7) is 8.86. The molecular weight excluding hydrogens is 546 g/mol. The molecule has 4 rings (SSSR count). The van der Waals surface area contributed by atoms with E-state index in [0.29, 0.717) is 25.5 Å². The molecular formula is C26H30ClN5O2S3. The molecule has 0 aliphatic rings. The molecule has 0 fully saturated rings. The highest BCUT2D eigenvalue weighted by atomic mass is 35.5. The van der Waals surface area contributed by atoms with Gasteiger partial charge in [0.05, 0.1) is 17.9 Å². The third kappa shape index (κ3) is 7.50. The fourth-order valence-electron chi connectivity index (χ4n) is 3.36. The Morgan fingerprint density at radius 1 is 1.14 bits per heavy atom. The average molecular weight is 576 g/mol. The lowest BCUT2D eigenvalue weighted by atomic mass is 10.2. The third-order valence-corrected chi connectivity index (χ3v) is 9.02. The number of anilines is 1. The van der Waals surface area contributed by atoms with E-state index in [0.717, 1.165) is 38.3 Å². The highest BCUT2D eigenvalue weighted by molar-refractivity contribution is 8.03. The maximum Gasteiger partial charge on any atom is 0.319 e. The van der Waals surface area contributed by atoms with Crippen molar-refractivity contribution in [3.63, 3.8) is 0 Å². The molecule has 0 saturated carbocycles. The number of thiazole rings is 2. The van der Waals surface area contributed by atoms with Crippen LogP contribution >= 0.6 is 46.8 Å². The largest absolute Gasteiger partial charge is 0.480 e. The smallest absolute Gasteiger partial charge is 0.319 e. The van der Waals surface area contributed by atoms with Crippen LogP contribution in [0.3, 0.4) is 0 Å². The highest BCUT2D eigenvalue weighted by Gasteiger charge is 2.30. The molecule has 0 amide bonds. The van der Waals surface area contributed by atoms with E-state index in [9.17, 15) is 9.90 Å². The lowest BCUT2D eigenvalue weighted by Gasteiger charge is -2.22. The third-order valence-electron chi connectivity index (χ3n) is 5.66. The summed E-state index contributed by atoms with van der Waals surface area (Å²) in [5, 5.41) is 12.4. The van der Waals surface area contributed by atoms with Crippen LogP contribution in [0.2, 0.25) is 0 Å². The van der Waals surface area contributed by atoms with Gasteiger partial charge < -0.3 is 10.0 Å². The quantitative estimate of drug-likeness (QED) is 0.201. The molecule has 0 atom stereocenters. The van der Waals surface area contributed by atoms with Gasteiger partial charge in [0.15, 0.2) is 4.34 Å². The van der Waals surface area contributed by atoms with E-state index in [-0.39, 0.29) is 12.4 Å². The zero-order chi connectivity index (χ0) is 25.7. The van der Waals surface area contributed by atoms with Gasteiger partial charge in [-0.15, -0.1) is 35.1 Å². The van der Waals surface area contributed by atoms with Gasteiger partial charge in [-0.3, -0.25) is 4.79 Å². The van der Waals surface area contributed by atoms with Gasteiger partial charge in [0, 0.05) is 41.2 Å². The zero-order valence-corrected chi connectivity index (χ0v) is 24.4. The monoisotopic (exact) mass is 575 g/mol. The van der Waals surface area contributed by atoms with Crippen molar-refractivity contribution in [3.05, 3.63) is 69.9 Å². The number of hydrogen-bond acceptors (Lipinski definition) is 9. The summed E-state index contributed by atoms with van der Waals surface area (Å²) in [5.74, 6) is -0.170. The van der Waals surface area contributed by atoms with E-state index in [4.69, 9.17) is 4.98 Å². The Kier molecular flexibility index (Phi) is 10.1. The first-order chi connectivity index (χ1) is 17.2. The van der Waals surface area contributed by atoms with Crippen LogP contribution in [0, 0.1) is 6.92 Å². The number of halogens is 1. The number of carboxylic acids is 1. The van der Waals surface area contributed by atoms with Crippen LogP contribution in [0.5, 0.6) is 0 Å². The minimum atomic E-state index is -0.920. The molecule has 3 heterocycles. The van der Waals surface area contributed by atoms with E-state index in [2.05, 4.69) is 38.9 Å². The molecule has 7 nitrogen and oxygen atoms in total. The first-order valence-corrected chi connectivity index (χ1v) is 14.2. The fourth-order valence-corrected chi connectivity index (χ4v) is 6.67. The van der Waals surface area contributed by atoms with Crippen molar-refractivity contribution in [3.8, 4) is 10.6 Å². The summed E-state index contributed by atoms with van der Waals surface area (Å²) in [6.07, 6.45) is 5.36. The van der Waals surface area contributed by atoms with Gasteiger partial charge in [0.2, 0.25) is 5.95 Å². The summed E-state index contributed by atoms with van der Waals surface area (Å²) in [7, 11) is 0. The number of rotatable bonds is 11. The average Bonchev–Trinajstić information content (AvgIpc) is 3.47. The standard InChI is InChI=1S/C26H29N5O2S3.ClH/c1-5-18-13-27-24(28-14-18)31(12-11-20-16-34-25(30-20)36-26(3,4)23(32)33)15-21-17(2)29-22(35-21)19-9-7-6-8-10-19;/h6-10,13-14,16H,5,11-12,15H2,1-4H3,(H,32,33);1H. The Morgan fingerprint density at radius 3 is 2.49 bits per heavy atom. The first kappa shape index (κ1) is 29.0. The predicted octanol–water partition coefficient (Wildman–Crippen LogP) is 6.55. The topological polar surface area (TPSA) is 92.1 Å². The van der Waals surface area contributed by atoms with Crippen LogP contribution in [0.4, 0.5) is 5.95 Å². The Labute approximate surface area is 235 Å². The van der Waals surface area contributed by atoms with Crippen molar-refractivity contribution >= 4 is 58.8 Å². The molecule has 1 aromatic carbocycles. The van der Waals surface area contributed by atoms with Crippen molar-refractivity contribution in [2.75, 3.05) is 11.4 Å². The summed E-state index contributed by atoms with van der Waals surface area (Å²) >= 11 is 4.46. The van der Waals surface area contributed by atoms with Gasteiger partial charge in [-0.1, -0.05) is 49.0 Å². The molecule has 11 heteroatoms. The Hall–Kier alpha value is -2.53. The van der Waals surface area contributed by atoms with Gasteiger partial charge in [0.1, 0.15) is 9.75 Å². The second kappa shape index (κ2) is 12.8. The number of aryl methyl sites for hydroxylation is 2. The lowest BCUT2D eigenvalue weighted by molar-refractivity contribution is -0.138. The van der Waals surface area contributed by atoms with Crippen LogP contribution in [-0.2, 0) is 24.2 Å². The van der Waals surface area contributed by atoms with E-state index in [1.807, 2.05) is 42.9 Å². The summed E-state index contributed by atoms with van der Waals surface area (Å²) in [4.78, 5) is 33.6. The molecule has 37 heavy (non-hydrogen) atoms. The molecule has 0 aliphatic carbocycles. The maximum atomic E-state index is 11.5. The van der Waals surface area contributed by atoms with Crippen molar-refractivity contribution < 1.29 is 9.90 Å². The van der Waals surface area contributed by atoms with E-state index >= 15 is 0 Å². The number of carboxylic acid groups (broad SMARTS) is 1. The minimum absolute atomic E-state index is 0. The fraction of sp³-hybridized carbons (Fsp3) is 0.346. The van der Waals surface area contributed by atoms with Crippen LogP contribution in [-0.4, -0.2) is 42.3 Å². The number of thioether (sulfide) groups is 1. The molecule has 0 saturated heterocycles. The second-order valence-electron chi connectivity index (χ2n) is 8.83. The lowest BCUT2D eigenvalue weighted by Crippen LogP contribution is -2.27. The van der Waals surface area contributed by atoms with Gasteiger partial charge >= 0.3 is 5.97 Å². The van der Waals surface area contributed by atoms with Gasteiger partial charge in [-0.2, -0.15) is 0 Å². The summed E-state index contributed by atoms with van der Waals surface area (Å²) in [6, 6.07) is 10.2. The highest BCUT2D eigenvalue weighted by Crippen LogP contribution is 2.35. The molecule has 1 N–H and O–H groups in total. The summed E-state index contributed by atoms with van der Waals surface area (Å²) in [5.41, 5.74) is 4.16. The molecule has 4 aromatic rings. The van der Waals surface area contributed by atoms with Gasteiger partial charge in [-0.05, 0) is 32.8 Å². The number of benzene rings is 1. The van der Waals surface area contributed by atoms with Gasteiger partial charge in [-0.25, -0.2) is 19.9 Å². The van der Waals surface area contributed by atoms with E-state index in [1.54, 1.807) is 25.2 Å². The van der Waals surface area contributed by atoms with Gasteiger partial charge in [0.25, 0.3) is 0 Å². The number of aliphatic carboxylic acids is 1. The Morgan fingerprint density at radius 2 is 1.84 bits per heavy atom. The Bertz CT molecular complexity index is 1310. The summed E-state index contributed by atoms with van der Waals surface area (Å²) < 4.78 is -0.158. The van der Waals surface area contributed by atoms with Crippen LogP contribution < -0.4 is 4.90 Å². The number of carbonyl (C=O) groups is 1. The SMILES string of the molecule is CCc1cnc(N(CCc2csc(SC(C)(C)C(=O)O)n2)Cc2sc(-c3ccccc3)nc2C)nc1.Cl. The zero-order valence-electron chi connectivity index (χ0n) is 21.2. The Balaban J connectivity index is 0.00000380. The van der Waals surface area contributed by atoms with Crippen LogP contribution in [0.15, 0.2) is 52.4 Å². The number of hydrogen-bond donors (Lipinski definition) is 1. The number of aromatic nitrogens is 4. The molecule has 0 aliphatic heterocycles. The van der Waals surface area contributed by atoms with Crippen LogP contribution in [0.25, 0.3) is 10.6 Å². The van der Waals surface area contributed by atoms with Crippen molar-refractivity contribution in [2.24, 2.45) is 0 Å². The number of nitrogens with zero attached hydrogens (tertiary/aromatic N) is 5. The predicted molar refractivity (Wildman–Crippen MR) is 155 cm³/mol. The normalized spacial score (nSPS) is 11.2. The molecule has 0 bridgehead atoms. The molecule has 0 radical (unpaired) electrons. The van der Waals surface area contributed by atoms with Crippen LogP contribution in [0.1, 0.15) is 42.6 Å². The maximum absolute atomic E-state index is 11.5. The molecule has 3 aromatic heterocycles. The second-order valence-corrected chi connectivity index (χ2v) is 12.6.